The van der Waals surface area contributed by atoms with E-state index in [1.54, 1.807) is 12.1 Å². The number of hydrogen-bond donors (Lipinski definition) is 1. The van der Waals surface area contributed by atoms with Gasteiger partial charge in [0.25, 0.3) is 10.0 Å². The van der Waals surface area contributed by atoms with Crippen LogP contribution in [0.2, 0.25) is 5.02 Å². The smallest absolute Gasteiger partial charge is 0.261 e. The Kier molecular flexibility index (Phi) is 4.93. The highest BCUT2D eigenvalue weighted by molar-refractivity contribution is 14.1. The molecule has 106 valence electrons. The predicted octanol–water partition coefficient (Wildman–Crippen LogP) is 4.65. The number of anilines is 1. The summed E-state index contributed by atoms with van der Waals surface area (Å²) in [5.41, 5.74) is -0.197. The number of halogens is 4. The number of hydrogen-bond acceptors (Lipinski definition) is 2. The van der Waals surface area contributed by atoms with Crippen LogP contribution >= 0.6 is 50.1 Å². The van der Waals surface area contributed by atoms with Crippen LogP contribution in [0, 0.1) is 9.39 Å². The van der Waals surface area contributed by atoms with E-state index >= 15 is 0 Å². The van der Waals surface area contributed by atoms with Crippen LogP contribution in [-0.2, 0) is 10.0 Å². The van der Waals surface area contributed by atoms with E-state index in [0.717, 1.165) is 3.57 Å². The molecule has 20 heavy (non-hydrogen) atoms. The van der Waals surface area contributed by atoms with Gasteiger partial charge in [-0.05, 0) is 74.9 Å². The van der Waals surface area contributed by atoms with Crippen molar-refractivity contribution in [1.82, 2.24) is 0 Å². The molecule has 8 heteroatoms. The zero-order chi connectivity index (χ0) is 14.9. The van der Waals surface area contributed by atoms with Gasteiger partial charge in [0.05, 0.1) is 15.6 Å². The fourth-order valence-corrected chi connectivity index (χ4v) is 3.31. The largest absolute Gasteiger partial charge is 0.277 e. The fourth-order valence-electron chi connectivity index (χ4n) is 1.42. The van der Waals surface area contributed by atoms with Gasteiger partial charge in [-0.25, -0.2) is 12.8 Å². The molecule has 3 nitrogen and oxygen atoms in total. The van der Waals surface area contributed by atoms with E-state index in [1.165, 1.54) is 24.3 Å². The maximum atomic E-state index is 13.9. The third-order valence-corrected chi connectivity index (χ3v) is 5.76. The van der Waals surface area contributed by atoms with E-state index < -0.39 is 15.8 Å². The lowest BCUT2D eigenvalue weighted by atomic mass is 10.3. The van der Waals surface area contributed by atoms with E-state index in [2.05, 4.69) is 43.2 Å². The van der Waals surface area contributed by atoms with Gasteiger partial charge in [0.15, 0.2) is 5.82 Å². The minimum Gasteiger partial charge on any atom is -0.277 e. The summed E-state index contributed by atoms with van der Waals surface area (Å²) in [4.78, 5) is 0.0522. The average molecular weight is 491 g/mol. The first-order chi connectivity index (χ1) is 9.31. The van der Waals surface area contributed by atoms with E-state index in [9.17, 15) is 12.8 Å². The topological polar surface area (TPSA) is 46.2 Å². The summed E-state index contributed by atoms with van der Waals surface area (Å²) in [5.74, 6) is -0.824. The van der Waals surface area contributed by atoms with Crippen LogP contribution in [0.25, 0.3) is 0 Å². The quantitative estimate of drug-likeness (QED) is 0.503. The van der Waals surface area contributed by atoms with Gasteiger partial charge < -0.3 is 0 Å². The van der Waals surface area contributed by atoms with Crippen molar-refractivity contribution in [1.29, 1.82) is 0 Å². The maximum Gasteiger partial charge on any atom is 0.261 e. The number of benzene rings is 2. The maximum absolute atomic E-state index is 13.9. The fraction of sp³-hybridized carbons (Fsp3) is 0. The number of rotatable bonds is 3. The molecule has 0 heterocycles. The monoisotopic (exact) mass is 489 g/mol. The highest BCUT2D eigenvalue weighted by atomic mass is 127. The summed E-state index contributed by atoms with van der Waals surface area (Å²) < 4.78 is 41.6. The average Bonchev–Trinajstić information content (AvgIpc) is 2.40. The molecular formula is C12H7BrClFINO2S. The molecular weight excluding hydrogens is 483 g/mol. The van der Waals surface area contributed by atoms with E-state index in [0.29, 0.717) is 4.47 Å². The molecule has 2 aromatic carbocycles. The van der Waals surface area contributed by atoms with Gasteiger partial charge in [0.1, 0.15) is 0 Å². The molecule has 2 rings (SSSR count). The van der Waals surface area contributed by atoms with E-state index in [-0.39, 0.29) is 15.6 Å². The zero-order valence-corrected chi connectivity index (χ0v) is 15.0. The van der Waals surface area contributed by atoms with Crippen LogP contribution in [0.5, 0.6) is 0 Å². The van der Waals surface area contributed by atoms with Crippen molar-refractivity contribution >= 4 is 65.8 Å². The Bertz CT molecular complexity index is 753. The lowest BCUT2D eigenvalue weighted by Gasteiger charge is -2.10. The molecule has 0 aliphatic carbocycles. The Morgan fingerprint density at radius 3 is 2.35 bits per heavy atom. The Morgan fingerprint density at radius 1 is 1.15 bits per heavy atom. The van der Waals surface area contributed by atoms with Crippen LogP contribution in [0.4, 0.5) is 10.1 Å². The summed E-state index contributed by atoms with van der Waals surface area (Å²) in [5, 5.41) is -0.173. The summed E-state index contributed by atoms with van der Waals surface area (Å²) >= 11 is 10.8. The summed E-state index contributed by atoms with van der Waals surface area (Å²) in [7, 11) is -3.85. The molecule has 0 saturated carbocycles. The molecule has 0 aliphatic heterocycles. The van der Waals surface area contributed by atoms with Gasteiger partial charge in [-0.2, -0.15) is 0 Å². The van der Waals surface area contributed by atoms with E-state index in [4.69, 9.17) is 11.6 Å². The van der Waals surface area contributed by atoms with Crippen molar-refractivity contribution in [2.45, 2.75) is 4.90 Å². The molecule has 0 atom stereocenters. The van der Waals surface area contributed by atoms with Crippen LogP contribution in [-0.4, -0.2) is 8.42 Å². The minimum absolute atomic E-state index is 0.0522. The highest BCUT2D eigenvalue weighted by Crippen LogP contribution is 2.31. The highest BCUT2D eigenvalue weighted by Gasteiger charge is 2.18. The van der Waals surface area contributed by atoms with Gasteiger partial charge in [0, 0.05) is 8.04 Å². The minimum atomic E-state index is -3.85. The SMILES string of the molecule is O=S(=O)(Nc1ccc(Br)c(Cl)c1F)c1ccc(I)cc1. The second-order valence-corrected chi connectivity index (χ2v) is 7.94. The second kappa shape index (κ2) is 6.17. The Morgan fingerprint density at radius 2 is 1.75 bits per heavy atom. The molecule has 0 radical (unpaired) electrons. The van der Waals surface area contributed by atoms with E-state index in [1.807, 2.05) is 0 Å². The van der Waals surface area contributed by atoms with Gasteiger partial charge >= 0.3 is 0 Å². The second-order valence-electron chi connectivity index (χ2n) is 3.78. The Hall–Kier alpha value is -0.380. The van der Waals surface area contributed by atoms with Crippen LogP contribution < -0.4 is 4.72 Å². The van der Waals surface area contributed by atoms with Crippen LogP contribution in [0.15, 0.2) is 45.8 Å². The first kappa shape index (κ1) is 16.0. The molecule has 0 unspecified atom stereocenters. The lowest BCUT2D eigenvalue weighted by molar-refractivity contribution is 0.598. The van der Waals surface area contributed by atoms with Crippen molar-refractivity contribution in [2.75, 3.05) is 4.72 Å². The zero-order valence-electron chi connectivity index (χ0n) is 9.70. The number of sulfonamides is 1. The summed E-state index contributed by atoms with van der Waals surface area (Å²) in [6, 6.07) is 8.97. The summed E-state index contributed by atoms with van der Waals surface area (Å²) in [6.07, 6.45) is 0. The van der Waals surface area contributed by atoms with Gasteiger partial charge in [-0.1, -0.05) is 11.6 Å². The first-order valence-electron chi connectivity index (χ1n) is 5.23. The van der Waals surface area contributed by atoms with Gasteiger partial charge in [0.2, 0.25) is 0 Å². The molecule has 0 saturated heterocycles. The van der Waals surface area contributed by atoms with Crippen molar-refractivity contribution in [3.05, 3.63) is 55.3 Å². The van der Waals surface area contributed by atoms with Gasteiger partial charge in [-0.3, -0.25) is 4.72 Å². The molecule has 0 aromatic heterocycles. The molecule has 0 bridgehead atoms. The Labute approximate surface area is 142 Å². The molecule has 2 aromatic rings. The van der Waals surface area contributed by atoms with Crippen molar-refractivity contribution in [2.24, 2.45) is 0 Å². The van der Waals surface area contributed by atoms with Crippen molar-refractivity contribution < 1.29 is 12.8 Å². The third-order valence-electron chi connectivity index (χ3n) is 2.40. The molecule has 0 aliphatic rings. The van der Waals surface area contributed by atoms with Gasteiger partial charge in [-0.15, -0.1) is 0 Å². The molecule has 1 N–H and O–H groups in total. The Balaban J connectivity index is 2.38. The molecule has 0 amide bonds. The predicted molar refractivity (Wildman–Crippen MR) is 89.1 cm³/mol. The number of nitrogens with one attached hydrogen (secondary N) is 1. The lowest BCUT2D eigenvalue weighted by Crippen LogP contribution is -2.14. The van der Waals surface area contributed by atoms with Crippen LogP contribution in [0.3, 0.4) is 0 Å². The normalized spacial score (nSPS) is 11.4. The standard InChI is InChI=1S/C12H7BrClFINO2S/c13-9-5-6-10(12(15)11(9)14)17-20(18,19)8-3-1-7(16)2-4-8/h1-6,17H. The van der Waals surface area contributed by atoms with Crippen molar-refractivity contribution in [3.63, 3.8) is 0 Å². The summed E-state index contributed by atoms with van der Waals surface area (Å²) in [6.45, 7) is 0. The first-order valence-corrected chi connectivity index (χ1v) is 8.96. The third kappa shape index (κ3) is 3.44. The van der Waals surface area contributed by atoms with Crippen molar-refractivity contribution in [3.8, 4) is 0 Å². The van der Waals surface area contributed by atoms with Crippen LogP contribution in [0.1, 0.15) is 0 Å². The molecule has 0 fully saturated rings. The molecule has 0 spiro atoms.